The summed E-state index contributed by atoms with van der Waals surface area (Å²) in [6.07, 6.45) is 1.89. The van der Waals surface area contributed by atoms with Crippen LogP contribution in [0.1, 0.15) is 27.8 Å². The number of hydrogen-bond acceptors (Lipinski definition) is 2. The minimum absolute atomic E-state index is 0. The molecule has 7 aromatic carbocycles. The standard InChI is InChI=1S/C53H39N5.Pt/c1-31-11-8-12-38(27-31)57-47-18-10-14-39(52(47)56-53(57)43-16-9-15-42-40-13-6-7-17-45(40)55-51(42)43)36-19-21-41-44-29-37(50-34(4)25-33(3)26-35(50)5)20-22-46(44)58(48(41)30-36)49-28-32(2)23-24-54-49;/h6-29H,1-5H3;/q-2;+2. The normalized spacial score (nSPS) is 11.7. The molecular weight excluding hydrogens is 902 g/mol. The molecule has 4 heterocycles. The van der Waals surface area contributed by atoms with Crippen LogP contribution in [0.2, 0.25) is 0 Å². The van der Waals surface area contributed by atoms with E-state index in [0.717, 1.165) is 88.8 Å². The zero-order valence-electron chi connectivity index (χ0n) is 33.4. The molecule has 11 aromatic rings. The van der Waals surface area contributed by atoms with Gasteiger partial charge in [-0.25, -0.2) is 9.97 Å². The van der Waals surface area contributed by atoms with Gasteiger partial charge in [0.05, 0.1) is 11.0 Å². The van der Waals surface area contributed by atoms with E-state index in [1.165, 1.54) is 38.8 Å². The van der Waals surface area contributed by atoms with Gasteiger partial charge in [0.15, 0.2) is 0 Å². The number of aryl methyl sites for hydroxylation is 5. The van der Waals surface area contributed by atoms with Crippen molar-refractivity contribution in [2.45, 2.75) is 34.6 Å². The second-order valence-corrected chi connectivity index (χ2v) is 15.8. The summed E-state index contributed by atoms with van der Waals surface area (Å²) in [7, 11) is 0. The Kier molecular flexibility index (Phi) is 8.77. The van der Waals surface area contributed by atoms with Gasteiger partial charge in [-0.05, 0) is 126 Å². The molecule has 0 spiro atoms. The molecule has 0 N–H and O–H groups in total. The topological polar surface area (TPSA) is 49.7 Å². The SMILES string of the molecule is Cc1cccc(-n2c(-c3cccc4c3[n-]c3ccccc34)nc3c(-c4[c-]c5c(cc4)c4cc(-c6c(C)cc(C)cc6C)ccc4n5-c4cc(C)ccn4)cccc32)c1.[Pt+2]. The molecule has 0 aliphatic heterocycles. The third kappa shape index (κ3) is 5.87. The minimum atomic E-state index is 0. The molecule has 11 rings (SSSR count). The quantitative estimate of drug-likeness (QED) is 0.162. The van der Waals surface area contributed by atoms with Crippen molar-refractivity contribution in [3.05, 3.63) is 180 Å². The van der Waals surface area contributed by atoms with E-state index in [4.69, 9.17) is 15.0 Å². The van der Waals surface area contributed by atoms with E-state index < -0.39 is 0 Å². The Morgan fingerprint density at radius 1 is 0.559 bits per heavy atom. The Labute approximate surface area is 357 Å². The van der Waals surface area contributed by atoms with Crippen LogP contribution in [-0.2, 0) is 21.1 Å². The van der Waals surface area contributed by atoms with Gasteiger partial charge in [-0.15, -0.1) is 34.8 Å². The molecule has 59 heavy (non-hydrogen) atoms. The van der Waals surface area contributed by atoms with Crippen LogP contribution in [0.15, 0.2) is 146 Å². The average Bonchev–Trinajstić information content (AvgIpc) is 3.90. The fourth-order valence-electron chi connectivity index (χ4n) is 9.28. The third-order valence-corrected chi connectivity index (χ3v) is 11.7. The molecule has 0 bridgehead atoms. The summed E-state index contributed by atoms with van der Waals surface area (Å²) in [5, 5.41) is 4.58. The molecule has 0 aliphatic carbocycles. The molecule has 286 valence electrons. The predicted octanol–water partition coefficient (Wildman–Crippen LogP) is 13.1. The summed E-state index contributed by atoms with van der Waals surface area (Å²) in [5.41, 5.74) is 18.7. The van der Waals surface area contributed by atoms with Crippen LogP contribution in [0.3, 0.4) is 0 Å². The van der Waals surface area contributed by atoms with Crippen molar-refractivity contribution in [1.29, 1.82) is 0 Å². The largest absolute Gasteiger partial charge is 2.00 e. The Hall–Kier alpha value is -6.55. The van der Waals surface area contributed by atoms with E-state index in [-0.39, 0.29) is 21.1 Å². The number of para-hydroxylation sites is 3. The predicted molar refractivity (Wildman–Crippen MR) is 240 cm³/mol. The molecule has 5 nitrogen and oxygen atoms in total. The van der Waals surface area contributed by atoms with Crippen LogP contribution in [0.5, 0.6) is 0 Å². The first-order valence-corrected chi connectivity index (χ1v) is 19.9. The number of benzene rings is 7. The Morgan fingerprint density at radius 3 is 2.15 bits per heavy atom. The molecule has 0 aliphatic rings. The summed E-state index contributed by atoms with van der Waals surface area (Å²) < 4.78 is 4.56. The van der Waals surface area contributed by atoms with Gasteiger partial charge in [0.25, 0.3) is 0 Å². The first kappa shape index (κ1) is 36.8. The second-order valence-electron chi connectivity index (χ2n) is 15.8. The summed E-state index contributed by atoms with van der Waals surface area (Å²) in [4.78, 5) is 15.6. The zero-order valence-corrected chi connectivity index (χ0v) is 35.7. The molecule has 6 heteroatoms. The summed E-state index contributed by atoms with van der Waals surface area (Å²) in [6, 6.07) is 53.9. The van der Waals surface area contributed by atoms with Gasteiger partial charge in [0.1, 0.15) is 11.6 Å². The van der Waals surface area contributed by atoms with Crippen LogP contribution >= 0.6 is 0 Å². The Bertz CT molecular complexity index is 3450. The summed E-state index contributed by atoms with van der Waals surface area (Å²) in [5.74, 6) is 1.73. The summed E-state index contributed by atoms with van der Waals surface area (Å²) >= 11 is 0. The summed E-state index contributed by atoms with van der Waals surface area (Å²) in [6.45, 7) is 10.8. The first-order chi connectivity index (χ1) is 28.3. The molecule has 0 radical (unpaired) electrons. The van der Waals surface area contributed by atoms with Gasteiger partial charge < -0.3 is 9.55 Å². The first-order valence-electron chi connectivity index (χ1n) is 19.9. The fourth-order valence-corrected chi connectivity index (χ4v) is 9.28. The van der Waals surface area contributed by atoms with Crippen molar-refractivity contribution in [2.75, 3.05) is 0 Å². The number of nitrogens with zero attached hydrogens (tertiary/aromatic N) is 5. The van der Waals surface area contributed by atoms with Crippen LogP contribution in [0.25, 0.3) is 99.8 Å². The van der Waals surface area contributed by atoms with Crippen molar-refractivity contribution in [1.82, 2.24) is 24.1 Å². The molecule has 0 amide bonds. The van der Waals surface area contributed by atoms with Crippen molar-refractivity contribution in [3.63, 3.8) is 0 Å². The minimum Gasteiger partial charge on any atom is -0.656 e. The molecule has 4 aromatic heterocycles. The van der Waals surface area contributed by atoms with E-state index in [2.05, 4.69) is 183 Å². The maximum atomic E-state index is 5.55. The fraction of sp³-hybridized carbons (Fsp3) is 0.0943. The van der Waals surface area contributed by atoms with Gasteiger partial charge >= 0.3 is 21.1 Å². The Balaban J connectivity index is 0.00000420. The molecule has 0 atom stereocenters. The van der Waals surface area contributed by atoms with Gasteiger partial charge in [0.2, 0.25) is 0 Å². The average molecular weight is 941 g/mol. The van der Waals surface area contributed by atoms with Crippen LogP contribution < -0.4 is 4.98 Å². The number of rotatable bonds is 5. The number of pyridine rings is 1. The van der Waals surface area contributed by atoms with Crippen LogP contribution in [0, 0.1) is 40.7 Å². The third-order valence-electron chi connectivity index (χ3n) is 11.7. The maximum absolute atomic E-state index is 5.55. The molecule has 0 unspecified atom stereocenters. The van der Waals surface area contributed by atoms with E-state index in [0.29, 0.717) is 0 Å². The number of aromatic nitrogens is 5. The molecule has 0 saturated carbocycles. The van der Waals surface area contributed by atoms with Crippen molar-refractivity contribution < 1.29 is 21.1 Å². The smallest absolute Gasteiger partial charge is 0.656 e. The van der Waals surface area contributed by atoms with E-state index >= 15 is 0 Å². The van der Waals surface area contributed by atoms with Crippen molar-refractivity contribution in [3.8, 4) is 45.1 Å². The van der Waals surface area contributed by atoms with Crippen molar-refractivity contribution in [2.24, 2.45) is 0 Å². The van der Waals surface area contributed by atoms with Gasteiger partial charge in [-0.3, -0.25) is 4.57 Å². The zero-order chi connectivity index (χ0) is 39.2. The van der Waals surface area contributed by atoms with Crippen molar-refractivity contribution >= 4 is 54.6 Å². The van der Waals surface area contributed by atoms with Gasteiger partial charge in [-0.1, -0.05) is 108 Å². The monoisotopic (exact) mass is 940 g/mol. The van der Waals surface area contributed by atoms with Crippen LogP contribution in [-0.4, -0.2) is 19.1 Å². The molecule has 0 saturated heterocycles. The van der Waals surface area contributed by atoms with E-state index in [1.54, 1.807) is 0 Å². The number of fused-ring (bicyclic) bond motifs is 7. The van der Waals surface area contributed by atoms with E-state index in [9.17, 15) is 0 Å². The van der Waals surface area contributed by atoms with Gasteiger partial charge in [0, 0.05) is 23.0 Å². The van der Waals surface area contributed by atoms with Crippen LogP contribution in [0.4, 0.5) is 0 Å². The second kappa shape index (κ2) is 14.1. The van der Waals surface area contributed by atoms with Gasteiger partial charge in [-0.2, -0.15) is 0 Å². The molecular formula is C53H39N5Pt. The maximum Gasteiger partial charge on any atom is 2.00 e. The number of imidazole rings is 1. The Morgan fingerprint density at radius 2 is 1.32 bits per heavy atom. The molecule has 0 fully saturated rings. The number of hydrogen-bond donors (Lipinski definition) is 0. The van der Waals surface area contributed by atoms with E-state index in [1.807, 2.05) is 12.3 Å².